The summed E-state index contributed by atoms with van der Waals surface area (Å²) in [6.45, 7) is 0. The molecule has 18 heavy (non-hydrogen) atoms. The van der Waals surface area contributed by atoms with Crippen LogP contribution < -0.4 is 21.8 Å². The van der Waals surface area contributed by atoms with E-state index in [-0.39, 0.29) is 11.3 Å². The molecule has 0 aliphatic heterocycles. The fourth-order valence-electron chi connectivity index (χ4n) is 1.58. The maximum atomic E-state index is 11.9. The van der Waals surface area contributed by atoms with Gasteiger partial charge in [-0.2, -0.15) is 0 Å². The SMILES string of the molecule is COc1cccn2c(=O)cc(C(N)C(N)=O)nc12. The maximum absolute atomic E-state index is 11.9. The Balaban J connectivity index is 2.74. The summed E-state index contributed by atoms with van der Waals surface area (Å²) in [6, 6.07) is 3.37. The third-order valence-corrected chi connectivity index (χ3v) is 2.52. The van der Waals surface area contributed by atoms with Gasteiger partial charge in [-0.1, -0.05) is 0 Å². The Kier molecular flexibility index (Phi) is 2.99. The number of ether oxygens (including phenoxy) is 1. The van der Waals surface area contributed by atoms with E-state index >= 15 is 0 Å². The molecule has 2 rings (SSSR count). The highest BCUT2D eigenvalue weighted by Crippen LogP contribution is 2.16. The van der Waals surface area contributed by atoms with Crippen LogP contribution in [0, 0.1) is 0 Å². The van der Waals surface area contributed by atoms with Crippen LogP contribution in [0.2, 0.25) is 0 Å². The second kappa shape index (κ2) is 4.46. The Labute approximate surface area is 102 Å². The first-order valence-corrected chi connectivity index (χ1v) is 5.16. The van der Waals surface area contributed by atoms with Crippen LogP contribution in [0.25, 0.3) is 5.65 Å². The van der Waals surface area contributed by atoms with Gasteiger partial charge in [-0.3, -0.25) is 14.0 Å². The lowest BCUT2D eigenvalue weighted by Gasteiger charge is -2.10. The van der Waals surface area contributed by atoms with Crippen LogP contribution in [0.4, 0.5) is 0 Å². The van der Waals surface area contributed by atoms with Gasteiger partial charge in [0, 0.05) is 12.3 Å². The Morgan fingerprint density at radius 2 is 2.28 bits per heavy atom. The van der Waals surface area contributed by atoms with Crippen molar-refractivity contribution >= 4 is 11.6 Å². The zero-order valence-electron chi connectivity index (χ0n) is 9.66. The smallest absolute Gasteiger partial charge is 0.258 e. The molecule has 2 aromatic heterocycles. The van der Waals surface area contributed by atoms with E-state index in [4.69, 9.17) is 16.2 Å². The standard InChI is InChI=1S/C11H12N4O3/c1-18-7-3-2-4-15-8(16)5-6(14-11(7)15)9(12)10(13)17/h2-5,9H,12H2,1H3,(H2,13,17). The fraction of sp³-hybridized carbons (Fsp3) is 0.182. The van der Waals surface area contributed by atoms with Crippen molar-refractivity contribution in [3.05, 3.63) is 40.4 Å². The van der Waals surface area contributed by atoms with Crippen LogP contribution >= 0.6 is 0 Å². The van der Waals surface area contributed by atoms with Crippen LogP contribution in [0.3, 0.4) is 0 Å². The van der Waals surface area contributed by atoms with E-state index in [1.807, 2.05) is 0 Å². The maximum Gasteiger partial charge on any atom is 0.258 e. The number of fused-ring (bicyclic) bond motifs is 1. The highest BCUT2D eigenvalue weighted by Gasteiger charge is 2.16. The summed E-state index contributed by atoms with van der Waals surface area (Å²) in [6.07, 6.45) is 1.55. The molecule has 2 aromatic rings. The summed E-state index contributed by atoms with van der Waals surface area (Å²) in [5.41, 5.74) is 10.7. The van der Waals surface area contributed by atoms with Crippen molar-refractivity contribution in [2.24, 2.45) is 11.5 Å². The number of hydrogen-bond acceptors (Lipinski definition) is 5. The van der Waals surface area contributed by atoms with Crippen molar-refractivity contribution in [3.8, 4) is 5.75 Å². The summed E-state index contributed by atoms with van der Waals surface area (Å²) in [4.78, 5) is 27.0. The molecule has 0 fully saturated rings. The molecule has 0 aliphatic rings. The number of carbonyl (C=O) groups is 1. The van der Waals surface area contributed by atoms with Gasteiger partial charge in [-0.25, -0.2) is 4.98 Å². The minimum absolute atomic E-state index is 0.122. The van der Waals surface area contributed by atoms with Crippen LogP contribution in [0.15, 0.2) is 29.2 Å². The lowest BCUT2D eigenvalue weighted by atomic mass is 10.2. The average Bonchev–Trinajstić information content (AvgIpc) is 2.37. The predicted molar refractivity (Wildman–Crippen MR) is 64.1 cm³/mol. The van der Waals surface area contributed by atoms with E-state index in [1.165, 1.54) is 17.6 Å². The van der Waals surface area contributed by atoms with Gasteiger partial charge in [0.15, 0.2) is 11.4 Å². The molecular formula is C11H12N4O3. The molecule has 7 heteroatoms. The van der Waals surface area contributed by atoms with Crippen molar-refractivity contribution in [1.29, 1.82) is 0 Å². The molecule has 2 heterocycles. The zero-order valence-corrected chi connectivity index (χ0v) is 9.66. The van der Waals surface area contributed by atoms with E-state index in [0.29, 0.717) is 11.4 Å². The molecule has 7 nitrogen and oxygen atoms in total. The van der Waals surface area contributed by atoms with Gasteiger partial charge in [-0.15, -0.1) is 0 Å². The van der Waals surface area contributed by atoms with Gasteiger partial charge in [0.25, 0.3) is 5.56 Å². The minimum Gasteiger partial charge on any atom is -0.493 e. The third kappa shape index (κ3) is 1.91. The number of aromatic nitrogens is 2. The van der Waals surface area contributed by atoms with Crippen LogP contribution in [-0.4, -0.2) is 22.4 Å². The molecule has 0 saturated carbocycles. The number of pyridine rings is 1. The Hall–Kier alpha value is -2.41. The number of nitrogens with two attached hydrogens (primary N) is 2. The number of hydrogen-bond donors (Lipinski definition) is 2. The van der Waals surface area contributed by atoms with Crippen molar-refractivity contribution in [2.45, 2.75) is 6.04 Å². The van der Waals surface area contributed by atoms with Crippen molar-refractivity contribution in [3.63, 3.8) is 0 Å². The predicted octanol–water partition coefficient (Wildman–Crippen LogP) is -0.812. The summed E-state index contributed by atoms with van der Waals surface area (Å²) >= 11 is 0. The highest BCUT2D eigenvalue weighted by molar-refractivity contribution is 5.80. The first kappa shape index (κ1) is 12.1. The third-order valence-electron chi connectivity index (χ3n) is 2.52. The summed E-state index contributed by atoms with van der Waals surface area (Å²) < 4.78 is 6.40. The van der Waals surface area contributed by atoms with E-state index in [0.717, 1.165) is 0 Å². The molecule has 0 radical (unpaired) electrons. The zero-order chi connectivity index (χ0) is 13.3. The van der Waals surface area contributed by atoms with E-state index in [9.17, 15) is 9.59 Å². The Morgan fingerprint density at radius 3 is 2.89 bits per heavy atom. The van der Waals surface area contributed by atoms with Gasteiger partial charge in [-0.05, 0) is 12.1 Å². The summed E-state index contributed by atoms with van der Waals surface area (Å²) in [5, 5.41) is 0. The highest BCUT2D eigenvalue weighted by atomic mass is 16.5. The topological polar surface area (TPSA) is 113 Å². The second-order valence-corrected chi connectivity index (χ2v) is 3.67. The lowest BCUT2D eigenvalue weighted by molar-refractivity contribution is -0.119. The molecule has 4 N–H and O–H groups in total. The second-order valence-electron chi connectivity index (χ2n) is 3.67. The number of methoxy groups -OCH3 is 1. The Morgan fingerprint density at radius 1 is 1.56 bits per heavy atom. The first-order chi connectivity index (χ1) is 8.54. The molecule has 94 valence electrons. The fourth-order valence-corrected chi connectivity index (χ4v) is 1.58. The Bertz CT molecular complexity index is 665. The van der Waals surface area contributed by atoms with Crippen molar-refractivity contribution in [1.82, 2.24) is 9.38 Å². The number of carbonyl (C=O) groups excluding carboxylic acids is 1. The van der Waals surface area contributed by atoms with Gasteiger partial charge in [0.1, 0.15) is 6.04 Å². The molecule has 1 amide bonds. The van der Waals surface area contributed by atoms with E-state index in [2.05, 4.69) is 4.98 Å². The van der Waals surface area contributed by atoms with Crippen LogP contribution in [0.1, 0.15) is 11.7 Å². The first-order valence-electron chi connectivity index (χ1n) is 5.16. The van der Waals surface area contributed by atoms with Crippen molar-refractivity contribution in [2.75, 3.05) is 7.11 Å². The average molecular weight is 248 g/mol. The molecule has 0 aromatic carbocycles. The van der Waals surface area contributed by atoms with Gasteiger partial charge >= 0.3 is 0 Å². The largest absolute Gasteiger partial charge is 0.493 e. The van der Waals surface area contributed by atoms with Crippen molar-refractivity contribution < 1.29 is 9.53 Å². The molecule has 1 atom stereocenters. The van der Waals surface area contributed by atoms with Crippen LogP contribution in [0.5, 0.6) is 5.75 Å². The number of primary amides is 1. The molecule has 0 spiro atoms. The number of amides is 1. The van der Waals surface area contributed by atoms with Gasteiger partial charge in [0.2, 0.25) is 5.91 Å². The molecule has 1 unspecified atom stereocenters. The quantitative estimate of drug-likeness (QED) is 0.737. The molecule has 0 saturated heterocycles. The summed E-state index contributed by atoms with van der Waals surface area (Å²) in [7, 11) is 1.46. The minimum atomic E-state index is -1.12. The lowest BCUT2D eigenvalue weighted by Crippen LogP contribution is -2.31. The molecular weight excluding hydrogens is 236 g/mol. The summed E-state index contributed by atoms with van der Waals surface area (Å²) in [5.74, 6) is -0.339. The van der Waals surface area contributed by atoms with E-state index in [1.54, 1.807) is 18.3 Å². The normalized spacial score (nSPS) is 12.3. The van der Waals surface area contributed by atoms with Crippen LogP contribution in [-0.2, 0) is 4.79 Å². The number of nitrogens with zero attached hydrogens (tertiary/aromatic N) is 2. The monoisotopic (exact) mass is 248 g/mol. The van der Waals surface area contributed by atoms with Gasteiger partial charge < -0.3 is 16.2 Å². The number of rotatable bonds is 3. The molecule has 0 aliphatic carbocycles. The van der Waals surface area contributed by atoms with E-state index < -0.39 is 11.9 Å². The van der Waals surface area contributed by atoms with Gasteiger partial charge in [0.05, 0.1) is 12.8 Å². The molecule has 0 bridgehead atoms.